The molecule has 2 aromatic heterocycles. The molecule has 4 rings (SSSR count). The summed E-state index contributed by atoms with van der Waals surface area (Å²) in [6, 6.07) is 13.4. The molecular weight excluding hydrogens is 302 g/mol. The van der Waals surface area contributed by atoms with Gasteiger partial charge in [-0.1, -0.05) is 18.2 Å². The Morgan fingerprint density at radius 1 is 1.17 bits per heavy atom. The number of benzene rings is 1. The molecule has 0 radical (unpaired) electrons. The molecule has 0 saturated heterocycles. The van der Waals surface area contributed by atoms with E-state index in [2.05, 4.69) is 9.97 Å². The third-order valence-corrected chi connectivity index (χ3v) is 4.22. The van der Waals surface area contributed by atoms with Crippen LogP contribution in [-0.2, 0) is 6.42 Å². The average Bonchev–Trinajstić information content (AvgIpc) is 3.03. The van der Waals surface area contributed by atoms with E-state index in [-0.39, 0.29) is 5.91 Å². The van der Waals surface area contributed by atoms with Crippen LogP contribution < -0.4 is 4.90 Å². The van der Waals surface area contributed by atoms with Crippen LogP contribution in [0, 0.1) is 6.92 Å². The molecule has 3 heterocycles. The lowest BCUT2D eigenvalue weighted by molar-refractivity contribution is 0.0979. The number of carbonyl (C=O) groups excluding carboxylic acids is 1. The van der Waals surface area contributed by atoms with Gasteiger partial charge in [-0.25, -0.2) is 4.98 Å². The number of amides is 1. The van der Waals surface area contributed by atoms with Crippen molar-refractivity contribution in [3.05, 3.63) is 65.8 Å². The number of fused-ring (bicyclic) bond motifs is 1. The molecule has 1 amide bonds. The zero-order valence-corrected chi connectivity index (χ0v) is 13.4. The monoisotopic (exact) mass is 319 g/mol. The Morgan fingerprint density at radius 2 is 2.00 bits per heavy atom. The van der Waals surface area contributed by atoms with Gasteiger partial charge in [-0.15, -0.1) is 0 Å². The summed E-state index contributed by atoms with van der Waals surface area (Å²) in [5, 5.41) is 0. The molecule has 0 atom stereocenters. The second-order valence-electron chi connectivity index (χ2n) is 5.82. The number of hydrogen-bond acceptors (Lipinski definition) is 4. The summed E-state index contributed by atoms with van der Waals surface area (Å²) in [5.41, 5.74) is 3.06. The minimum Gasteiger partial charge on any atom is -0.441 e. The third-order valence-electron chi connectivity index (χ3n) is 4.22. The van der Waals surface area contributed by atoms with E-state index < -0.39 is 0 Å². The van der Waals surface area contributed by atoms with Crippen molar-refractivity contribution in [3.63, 3.8) is 0 Å². The number of rotatable bonds is 2. The molecule has 5 nitrogen and oxygen atoms in total. The second kappa shape index (κ2) is 5.92. The van der Waals surface area contributed by atoms with Crippen LogP contribution in [0.3, 0.4) is 0 Å². The highest BCUT2D eigenvalue weighted by atomic mass is 16.4. The van der Waals surface area contributed by atoms with E-state index in [9.17, 15) is 4.79 Å². The maximum atomic E-state index is 13.0. The van der Waals surface area contributed by atoms with Gasteiger partial charge in [-0.05, 0) is 44.0 Å². The first-order chi connectivity index (χ1) is 11.7. The molecule has 1 aromatic carbocycles. The fourth-order valence-electron chi connectivity index (χ4n) is 3.03. The van der Waals surface area contributed by atoms with Crippen LogP contribution in [0.1, 0.15) is 28.4 Å². The first-order valence-corrected chi connectivity index (χ1v) is 8.02. The number of anilines is 1. The van der Waals surface area contributed by atoms with E-state index in [1.54, 1.807) is 18.0 Å². The van der Waals surface area contributed by atoms with Gasteiger partial charge in [-0.2, -0.15) is 0 Å². The highest BCUT2D eigenvalue weighted by Gasteiger charge is 2.28. The van der Waals surface area contributed by atoms with Crippen molar-refractivity contribution >= 4 is 11.6 Å². The van der Waals surface area contributed by atoms with Gasteiger partial charge in [0.2, 0.25) is 5.89 Å². The van der Waals surface area contributed by atoms with Gasteiger partial charge in [0.15, 0.2) is 5.69 Å². The molecule has 0 bridgehead atoms. The first-order valence-electron chi connectivity index (χ1n) is 8.02. The number of aryl methyl sites for hydroxylation is 2. The largest absolute Gasteiger partial charge is 0.441 e. The van der Waals surface area contributed by atoms with E-state index in [1.807, 2.05) is 42.5 Å². The standard InChI is InChI=1S/C19H17N3O2/c1-13-17(21-18(24-13)14-7-3-2-4-8-14)19(23)22-12-6-9-15-16(22)10-5-11-20-15/h2-5,7-8,10-11H,6,9,12H2,1H3. The van der Waals surface area contributed by atoms with Crippen molar-refractivity contribution in [2.75, 3.05) is 11.4 Å². The van der Waals surface area contributed by atoms with Crippen LogP contribution in [0.25, 0.3) is 11.5 Å². The van der Waals surface area contributed by atoms with Gasteiger partial charge >= 0.3 is 0 Å². The van der Waals surface area contributed by atoms with Crippen molar-refractivity contribution in [2.24, 2.45) is 0 Å². The minimum atomic E-state index is -0.132. The maximum absolute atomic E-state index is 13.0. The summed E-state index contributed by atoms with van der Waals surface area (Å²) >= 11 is 0. The van der Waals surface area contributed by atoms with Crippen LogP contribution >= 0.6 is 0 Å². The molecule has 24 heavy (non-hydrogen) atoms. The van der Waals surface area contributed by atoms with Crippen LogP contribution in [0.4, 0.5) is 5.69 Å². The zero-order valence-electron chi connectivity index (χ0n) is 13.4. The molecule has 3 aromatic rings. The predicted molar refractivity (Wildman–Crippen MR) is 90.9 cm³/mol. The SMILES string of the molecule is Cc1oc(-c2ccccc2)nc1C(=O)N1CCCc2ncccc21. The second-order valence-corrected chi connectivity index (χ2v) is 5.82. The van der Waals surface area contributed by atoms with E-state index in [4.69, 9.17) is 4.42 Å². The maximum Gasteiger partial charge on any atom is 0.280 e. The van der Waals surface area contributed by atoms with Gasteiger partial charge < -0.3 is 9.32 Å². The van der Waals surface area contributed by atoms with Crippen LogP contribution in [-0.4, -0.2) is 22.4 Å². The van der Waals surface area contributed by atoms with Crippen molar-refractivity contribution in [3.8, 4) is 11.5 Å². The van der Waals surface area contributed by atoms with Gasteiger partial charge in [0.1, 0.15) is 5.76 Å². The Balaban J connectivity index is 1.70. The quantitative estimate of drug-likeness (QED) is 0.723. The lowest BCUT2D eigenvalue weighted by atomic mass is 10.1. The number of nitrogens with zero attached hydrogens (tertiary/aromatic N) is 3. The Labute approximate surface area is 140 Å². The highest BCUT2D eigenvalue weighted by molar-refractivity contribution is 6.06. The molecular formula is C19H17N3O2. The summed E-state index contributed by atoms with van der Waals surface area (Å²) in [4.78, 5) is 23.6. The summed E-state index contributed by atoms with van der Waals surface area (Å²) in [5.74, 6) is 0.877. The number of oxazole rings is 1. The highest BCUT2D eigenvalue weighted by Crippen LogP contribution is 2.28. The van der Waals surface area contributed by atoms with Gasteiger partial charge in [-0.3, -0.25) is 9.78 Å². The summed E-state index contributed by atoms with van der Waals surface area (Å²) in [6.07, 6.45) is 3.56. The van der Waals surface area contributed by atoms with Gasteiger partial charge in [0.25, 0.3) is 5.91 Å². The molecule has 1 aliphatic rings. The molecule has 120 valence electrons. The predicted octanol–water partition coefficient (Wildman–Crippen LogP) is 3.64. The molecule has 5 heteroatoms. The lowest BCUT2D eigenvalue weighted by Gasteiger charge is -2.28. The number of aromatic nitrogens is 2. The number of carbonyl (C=O) groups is 1. The molecule has 0 aliphatic carbocycles. The van der Waals surface area contributed by atoms with Gasteiger partial charge in [0, 0.05) is 18.3 Å². The summed E-state index contributed by atoms with van der Waals surface area (Å²) in [7, 11) is 0. The van der Waals surface area contributed by atoms with Crippen LogP contribution in [0.2, 0.25) is 0 Å². The Bertz CT molecular complexity index is 887. The van der Waals surface area contributed by atoms with E-state index in [0.29, 0.717) is 23.9 Å². The molecule has 0 saturated carbocycles. The van der Waals surface area contributed by atoms with E-state index >= 15 is 0 Å². The van der Waals surface area contributed by atoms with Crippen molar-refractivity contribution in [1.29, 1.82) is 0 Å². The molecule has 0 spiro atoms. The van der Waals surface area contributed by atoms with Crippen molar-refractivity contribution in [2.45, 2.75) is 19.8 Å². The van der Waals surface area contributed by atoms with Crippen molar-refractivity contribution in [1.82, 2.24) is 9.97 Å². The lowest BCUT2D eigenvalue weighted by Crippen LogP contribution is -2.36. The minimum absolute atomic E-state index is 0.132. The Morgan fingerprint density at radius 3 is 2.83 bits per heavy atom. The third kappa shape index (κ3) is 2.48. The molecule has 0 N–H and O–H groups in total. The Hall–Kier alpha value is -2.95. The normalized spacial score (nSPS) is 13.6. The molecule has 1 aliphatic heterocycles. The summed E-state index contributed by atoms with van der Waals surface area (Å²) < 4.78 is 5.73. The topological polar surface area (TPSA) is 59.2 Å². The molecule has 0 unspecified atom stereocenters. The van der Waals surface area contributed by atoms with Crippen LogP contribution in [0.15, 0.2) is 53.1 Å². The van der Waals surface area contributed by atoms with Gasteiger partial charge in [0.05, 0.1) is 11.4 Å². The average molecular weight is 319 g/mol. The zero-order chi connectivity index (χ0) is 16.5. The van der Waals surface area contributed by atoms with E-state index in [0.717, 1.165) is 29.8 Å². The Kier molecular flexibility index (Phi) is 3.61. The van der Waals surface area contributed by atoms with Crippen molar-refractivity contribution < 1.29 is 9.21 Å². The first kappa shape index (κ1) is 14.6. The smallest absolute Gasteiger partial charge is 0.280 e. The number of hydrogen-bond donors (Lipinski definition) is 0. The van der Waals surface area contributed by atoms with Crippen LogP contribution in [0.5, 0.6) is 0 Å². The molecule has 0 fully saturated rings. The fraction of sp³-hybridized carbons (Fsp3) is 0.211. The van der Waals surface area contributed by atoms with E-state index in [1.165, 1.54) is 0 Å². The number of pyridine rings is 1. The summed E-state index contributed by atoms with van der Waals surface area (Å²) in [6.45, 7) is 2.45. The fourth-order valence-corrected chi connectivity index (χ4v) is 3.03.